The second-order valence-corrected chi connectivity index (χ2v) is 4.47. The van der Waals surface area contributed by atoms with Crippen molar-refractivity contribution in [3.8, 4) is 0 Å². The van der Waals surface area contributed by atoms with Crippen molar-refractivity contribution in [3.63, 3.8) is 0 Å². The Labute approximate surface area is 102 Å². The monoisotopic (exact) mass is 229 g/mol. The van der Waals surface area contributed by atoms with Gasteiger partial charge in [0.2, 0.25) is 0 Å². The molecule has 3 heteroatoms. The molecule has 90 valence electrons. The lowest BCUT2D eigenvalue weighted by atomic mass is 9.98. The topological polar surface area (TPSA) is 43.8 Å². The first-order valence-electron chi connectivity index (χ1n) is 5.95. The molecule has 3 nitrogen and oxygen atoms in total. The van der Waals surface area contributed by atoms with E-state index in [0.29, 0.717) is 12.5 Å². The second-order valence-electron chi connectivity index (χ2n) is 4.47. The van der Waals surface area contributed by atoms with Gasteiger partial charge in [0.05, 0.1) is 0 Å². The lowest BCUT2D eigenvalue weighted by molar-refractivity contribution is 0.555. The molecule has 2 aromatic rings. The van der Waals surface area contributed by atoms with Crippen LogP contribution < -0.4 is 5.73 Å². The van der Waals surface area contributed by atoms with E-state index in [4.69, 9.17) is 5.73 Å². The van der Waals surface area contributed by atoms with E-state index >= 15 is 0 Å². The van der Waals surface area contributed by atoms with Gasteiger partial charge in [-0.3, -0.25) is 0 Å². The number of rotatable bonds is 4. The van der Waals surface area contributed by atoms with Crippen molar-refractivity contribution >= 4 is 0 Å². The summed E-state index contributed by atoms with van der Waals surface area (Å²) in [4.78, 5) is 4.23. The Morgan fingerprint density at radius 1 is 1.24 bits per heavy atom. The highest BCUT2D eigenvalue weighted by atomic mass is 15.1. The Morgan fingerprint density at radius 2 is 1.94 bits per heavy atom. The molecule has 2 N–H and O–H groups in total. The van der Waals surface area contributed by atoms with Crippen LogP contribution in [0.15, 0.2) is 36.7 Å². The Bertz CT molecular complexity index is 470. The summed E-state index contributed by atoms with van der Waals surface area (Å²) in [7, 11) is 0. The van der Waals surface area contributed by atoms with Crippen molar-refractivity contribution < 1.29 is 0 Å². The maximum absolute atomic E-state index is 5.88. The van der Waals surface area contributed by atoms with Gasteiger partial charge in [0.1, 0.15) is 5.82 Å². The van der Waals surface area contributed by atoms with Crippen LogP contribution in [-0.4, -0.2) is 16.1 Å². The normalized spacial score (nSPS) is 12.6. The molecule has 0 bridgehead atoms. The first-order valence-corrected chi connectivity index (χ1v) is 5.95. The van der Waals surface area contributed by atoms with Crippen LogP contribution in [-0.2, 0) is 6.54 Å². The molecule has 0 saturated carbocycles. The third-order valence-corrected chi connectivity index (χ3v) is 3.17. The molecule has 1 aromatic carbocycles. The van der Waals surface area contributed by atoms with E-state index in [-0.39, 0.29) is 0 Å². The molecule has 0 radical (unpaired) electrons. The van der Waals surface area contributed by atoms with Gasteiger partial charge >= 0.3 is 0 Å². The highest BCUT2D eigenvalue weighted by molar-refractivity contribution is 5.24. The minimum Gasteiger partial charge on any atom is -0.335 e. The van der Waals surface area contributed by atoms with Gasteiger partial charge in [-0.2, -0.15) is 0 Å². The highest BCUT2D eigenvalue weighted by Crippen LogP contribution is 2.18. The van der Waals surface area contributed by atoms with E-state index < -0.39 is 0 Å². The predicted octanol–water partition coefficient (Wildman–Crippen LogP) is 2.24. The van der Waals surface area contributed by atoms with E-state index in [0.717, 1.165) is 12.4 Å². The van der Waals surface area contributed by atoms with Gasteiger partial charge in [-0.1, -0.05) is 29.8 Å². The summed E-state index contributed by atoms with van der Waals surface area (Å²) in [6.45, 7) is 5.66. The van der Waals surface area contributed by atoms with E-state index in [9.17, 15) is 0 Å². The number of hydrogen-bond donors (Lipinski definition) is 1. The molecular weight excluding hydrogens is 210 g/mol. The second kappa shape index (κ2) is 5.15. The van der Waals surface area contributed by atoms with E-state index in [1.54, 1.807) is 0 Å². The fourth-order valence-corrected chi connectivity index (χ4v) is 1.99. The first-order chi connectivity index (χ1) is 8.20. The SMILES string of the molecule is Cc1ccc(C(CN)Cn2ccnc2C)cc1. The number of benzene rings is 1. The molecule has 1 aromatic heterocycles. The third-order valence-electron chi connectivity index (χ3n) is 3.17. The summed E-state index contributed by atoms with van der Waals surface area (Å²) in [6.07, 6.45) is 3.84. The summed E-state index contributed by atoms with van der Waals surface area (Å²) in [5, 5.41) is 0. The average Bonchev–Trinajstić information content (AvgIpc) is 2.73. The van der Waals surface area contributed by atoms with Crippen LogP contribution in [0, 0.1) is 13.8 Å². The molecule has 1 heterocycles. The van der Waals surface area contributed by atoms with Gasteiger partial charge in [0, 0.05) is 31.4 Å². The Balaban J connectivity index is 2.17. The molecule has 2 rings (SSSR count). The molecule has 0 spiro atoms. The molecule has 0 aliphatic carbocycles. The van der Waals surface area contributed by atoms with E-state index in [1.165, 1.54) is 11.1 Å². The minimum absolute atomic E-state index is 0.350. The minimum atomic E-state index is 0.350. The zero-order chi connectivity index (χ0) is 12.3. The van der Waals surface area contributed by atoms with Gasteiger partial charge in [-0.05, 0) is 19.4 Å². The molecule has 17 heavy (non-hydrogen) atoms. The molecule has 1 atom stereocenters. The van der Waals surface area contributed by atoms with Crippen LogP contribution in [0.1, 0.15) is 22.9 Å². The van der Waals surface area contributed by atoms with Crippen LogP contribution in [0.2, 0.25) is 0 Å². The number of aryl methyl sites for hydroxylation is 2. The molecule has 1 unspecified atom stereocenters. The zero-order valence-corrected chi connectivity index (χ0v) is 10.4. The fourth-order valence-electron chi connectivity index (χ4n) is 1.99. The molecule has 0 aliphatic heterocycles. The lowest BCUT2D eigenvalue weighted by Gasteiger charge is -2.17. The smallest absolute Gasteiger partial charge is 0.105 e. The average molecular weight is 229 g/mol. The molecule has 0 fully saturated rings. The van der Waals surface area contributed by atoms with Gasteiger partial charge < -0.3 is 10.3 Å². The molecule has 0 aliphatic rings. The molecule has 0 amide bonds. The fraction of sp³-hybridized carbons (Fsp3) is 0.357. The van der Waals surface area contributed by atoms with Gasteiger partial charge in [0.15, 0.2) is 0 Å². The quantitative estimate of drug-likeness (QED) is 0.873. The van der Waals surface area contributed by atoms with E-state index in [2.05, 4.69) is 40.7 Å². The number of imidazole rings is 1. The van der Waals surface area contributed by atoms with Crippen molar-refractivity contribution in [2.24, 2.45) is 5.73 Å². The standard InChI is InChI=1S/C14H19N3/c1-11-3-5-13(6-4-11)14(9-15)10-17-8-7-16-12(17)2/h3-8,14H,9-10,15H2,1-2H3. The van der Waals surface area contributed by atoms with Crippen molar-refractivity contribution in [2.45, 2.75) is 26.3 Å². The third kappa shape index (κ3) is 2.74. The Hall–Kier alpha value is -1.61. The molecular formula is C14H19N3. The summed E-state index contributed by atoms with van der Waals surface area (Å²) >= 11 is 0. The van der Waals surface area contributed by atoms with Crippen LogP contribution in [0.3, 0.4) is 0 Å². The lowest BCUT2D eigenvalue weighted by Crippen LogP contribution is -2.18. The summed E-state index contributed by atoms with van der Waals surface area (Å²) in [5.74, 6) is 1.39. The van der Waals surface area contributed by atoms with Crippen LogP contribution in [0.5, 0.6) is 0 Å². The van der Waals surface area contributed by atoms with Crippen LogP contribution in [0.25, 0.3) is 0 Å². The zero-order valence-electron chi connectivity index (χ0n) is 10.4. The summed E-state index contributed by atoms with van der Waals surface area (Å²) < 4.78 is 2.15. The van der Waals surface area contributed by atoms with Crippen molar-refractivity contribution in [2.75, 3.05) is 6.54 Å². The van der Waals surface area contributed by atoms with Gasteiger partial charge in [-0.25, -0.2) is 4.98 Å². The molecule has 0 saturated heterocycles. The van der Waals surface area contributed by atoms with Gasteiger partial charge in [-0.15, -0.1) is 0 Å². The maximum Gasteiger partial charge on any atom is 0.105 e. The number of hydrogen-bond acceptors (Lipinski definition) is 2. The first kappa shape index (κ1) is 11.9. The number of aromatic nitrogens is 2. The van der Waals surface area contributed by atoms with Crippen molar-refractivity contribution in [3.05, 3.63) is 53.6 Å². The summed E-state index contributed by atoms with van der Waals surface area (Å²) in [6, 6.07) is 8.61. The van der Waals surface area contributed by atoms with Crippen molar-refractivity contribution in [1.29, 1.82) is 0 Å². The predicted molar refractivity (Wildman–Crippen MR) is 69.9 cm³/mol. The van der Waals surface area contributed by atoms with Crippen LogP contribution >= 0.6 is 0 Å². The van der Waals surface area contributed by atoms with Crippen molar-refractivity contribution in [1.82, 2.24) is 9.55 Å². The van der Waals surface area contributed by atoms with Gasteiger partial charge in [0.25, 0.3) is 0 Å². The number of nitrogens with zero attached hydrogens (tertiary/aromatic N) is 2. The highest BCUT2D eigenvalue weighted by Gasteiger charge is 2.11. The Kier molecular flexibility index (Phi) is 3.59. The van der Waals surface area contributed by atoms with E-state index in [1.807, 2.05) is 19.3 Å². The number of nitrogens with two attached hydrogens (primary N) is 1. The maximum atomic E-state index is 5.88. The Morgan fingerprint density at radius 3 is 2.47 bits per heavy atom. The summed E-state index contributed by atoms with van der Waals surface area (Å²) in [5.41, 5.74) is 8.45. The van der Waals surface area contributed by atoms with Crippen LogP contribution in [0.4, 0.5) is 0 Å². The largest absolute Gasteiger partial charge is 0.335 e.